The smallest absolute Gasteiger partial charge is 0.410 e. The number of carbonyl (C=O) groups excluding carboxylic acids is 1. The molecule has 0 unspecified atom stereocenters. The van der Waals surface area contributed by atoms with E-state index < -0.39 is 5.60 Å². The van der Waals surface area contributed by atoms with Gasteiger partial charge in [-0.1, -0.05) is 22.6 Å². The van der Waals surface area contributed by atoms with Crippen LogP contribution >= 0.6 is 22.6 Å². The molecular weight excluding hydrogens is 309 g/mol. The van der Waals surface area contributed by atoms with Gasteiger partial charge in [-0.3, -0.25) is 0 Å². The Labute approximate surface area is 105 Å². The summed E-state index contributed by atoms with van der Waals surface area (Å²) in [5, 5.41) is 8.72. The third-order valence-electron chi connectivity index (χ3n) is 1.59. The summed E-state index contributed by atoms with van der Waals surface area (Å²) in [6.07, 6.45) is 0.295. The lowest BCUT2D eigenvalue weighted by Crippen LogP contribution is -2.38. The normalized spacial score (nSPS) is 11.3. The molecule has 0 aliphatic carbocycles. The third kappa shape index (κ3) is 7.84. The lowest BCUT2D eigenvalue weighted by atomic mass is 10.2. The maximum absolute atomic E-state index is 11.7. The number of nitrogens with zero attached hydrogens (tertiary/aromatic N) is 1. The van der Waals surface area contributed by atoms with E-state index in [0.29, 0.717) is 19.5 Å². The number of alkyl halides is 1. The molecule has 0 aliphatic heterocycles. The first-order valence-corrected chi connectivity index (χ1v) is 6.58. The number of amides is 1. The highest BCUT2D eigenvalue weighted by Gasteiger charge is 2.21. The summed E-state index contributed by atoms with van der Waals surface area (Å²) >= 11 is 2.21. The molecular formula is C10H20INO3. The number of halogens is 1. The van der Waals surface area contributed by atoms with Crippen molar-refractivity contribution < 1.29 is 14.6 Å². The molecule has 0 aliphatic rings. The highest BCUT2D eigenvalue weighted by Crippen LogP contribution is 2.10. The average molecular weight is 329 g/mol. The van der Waals surface area contributed by atoms with E-state index in [9.17, 15) is 4.79 Å². The number of hydrogen-bond acceptors (Lipinski definition) is 3. The van der Waals surface area contributed by atoms with E-state index in [1.807, 2.05) is 20.8 Å². The first-order valence-electron chi connectivity index (χ1n) is 5.05. The van der Waals surface area contributed by atoms with Crippen LogP contribution in [0.1, 0.15) is 27.2 Å². The molecule has 0 fully saturated rings. The van der Waals surface area contributed by atoms with E-state index in [-0.39, 0.29) is 12.7 Å². The minimum atomic E-state index is -0.459. The van der Waals surface area contributed by atoms with Gasteiger partial charge in [0, 0.05) is 24.1 Å². The predicted octanol–water partition coefficient (Wildman–Crippen LogP) is 2.04. The number of aliphatic hydroxyl groups excluding tert-OH is 1. The molecule has 0 aromatic carbocycles. The molecule has 0 aromatic heterocycles. The Bertz CT molecular complexity index is 192. The maximum Gasteiger partial charge on any atom is 0.410 e. The van der Waals surface area contributed by atoms with E-state index >= 15 is 0 Å². The van der Waals surface area contributed by atoms with Crippen LogP contribution in [0.4, 0.5) is 4.79 Å². The molecule has 0 rings (SSSR count). The van der Waals surface area contributed by atoms with Crippen molar-refractivity contribution in [3.8, 4) is 0 Å². The zero-order chi connectivity index (χ0) is 11.9. The van der Waals surface area contributed by atoms with Crippen molar-refractivity contribution in [1.82, 2.24) is 4.90 Å². The highest BCUT2D eigenvalue weighted by atomic mass is 127. The van der Waals surface area contributed by atoms with Gasteiger partial charge >= 0.3 is 6.09 Å². The third-order valence-corrected chi connectivity index (χ3v) is 2.07. The second kappa shape index (κ2) is 7.27. The Hall–Kier alpha value is -0.0400. The summed E-state index contributed by atoms with van der Waals surface area (Å²) in [5.74, 6) is 0. The van der Waals surface area contributed by atoms with Crippen molar-refractivity contribution >= 4 is 28.7 Å². The zero-order valence-electron chi connectivity index (χ0n) is 9.62. The van der Waals surface area contributed by atoms with Gasteiger partial charge in [0.2, 0.25) is 0 Å². The SMILES string of the molecule is CC(C)(C)OC(=O)N(CCI)CCCO. The molecule has 90 valence electrons. The van der Waals surface area contributed by atoms with Crippen molar-refractivity contribution in [2.75, 3.05) is 24.1 Å². The van der Waals surface area contributed by atoms with Gasteiger partial charge in [0.15, 0.2) is 0 Å². The van der Waals surface area contributed by atoms with Crippen LogP contribution in [0.5, 0.6) is 0 Å². The van der Waals surface area contributed by atoms with E-state index in [4.69, 9.17) is 9.84 Å². The summed E-state index contributed by atoms with van der Waals surface area (Å²) < 4.78 is 6.12. The van der Waals surface area contributed by atoms with E-state index in [1.165, 1.54) is 0 Å². The summed E-state index contributed by atoms with van der Waals surface area (Å²) in [6, 6.07) is 0. The van der Waals surface area contributed by atoms with Crippen LogP contribution in [0.15, 0.2) is 0 Å². The van der Waals surface area contributed by atoms with Crippen molar-refractivity contribution in [2.45, 2.75) is 32.8 Å². The summed E-state index contributed by atoms with van der Waals surface area (Å²) in [6.45, 7) is 6.85. The van der Waals surface area contributed by atoms with Crippen LogP contribution in [0.25, 0.3) is 0 Å². The minimum Gasteiger partial charge on any atom is -0.444 e. The largest absolute Gasteiger partial charge is 0.444 e. The first-order chi connectivity index (χ1) is 6.90. The van der Waals surface area contributed by atoms with Gasteiger partial charge in [-0.2, -0.15) is 0 Å². The first kappa shape index (κ1) is 15.0. The molecule has 0 atom stereocenters. The minimum absolute atomic E-state index is 0.0978. The quantitative estimate of drug-likeness (QED) is 0.620. The van der Waals surface area contributed by atoms with Gasteiger partial charge in [-0.05, 0) is 27.2 Å². The molecule has 0 heterocycles. The van der Waals surface area contributed by atoms with Crippen molar-refractivity contribution in [3.05, 3.63) is 0 Å². The number of carbonyl (C=O) groups is 1. The van der Waals surface area contributed by atoms with Gasteiger partial charge in [0.1, 0.15) is 5.60 Å². The van der Waals surface area contributed by atoms with Crippen LogP contribution in [-0.4, -0.2) is 45.8 Å². The molecule has 0 radical (unpaired) electrons. The molecule has 5 heteroatoms. The van der Waals surface area contributed by atoms with Crippen LogP contribution < -0.4 is 0 Å². The molecule has 0 aromatic rings. The fourth-order valence-electron chi connectivity index (χ4n) is 0.984. The number of rotatable bonds is 5. The van der Waals surface area contributed by atoms with Gasteiger partial charge in [0.05, 0.1) is 0 Å². The Kier molecular flexibility index (Phi) is 7.25. The highest BCUT2D eigenvalue weighted by molar-refractivity contribution is 14.1. The fraction of sp³-hybridized carbons (Fsp3) is 0.900. The average Bonchev–Trinajstić information content (AvgIpc) is 2.09. The summed E-state index contributed by atoms with van der Waals surface area (Å²) in [5.41, 5.74) is -0.459. The van der Waals surface area contributed by atoms with Crippen molar-refractivity contribution in [2.24, 2.45) is 0 Å². The second-order valence-corrected chi connectivity index (χ2v) is 5.31. The molecule has 0 spiro atoms. The van der Waals surface area contributed by atoms with E-state index in [2.05, 4.69) is 22.6 Å². The van der Waals surface area contributed by atoms with Crippen molar-refractivity contribution in [3.63, 3.8) is 0 Å². The standard InChI is InChI=1S/C10H20INO3/c1-10(2,3)15-9(14)12(7-5-11)6-4-8-13/h13H,4-8H2,1-3H3. The predicted molar refractivity (Wildman–Crippen MR) is 68.4 cm³/mol. The fourth-order valence-corrected chi connectivity index (χ4v) is 1.57. The molecule has 15 heavy (non-hydrogen) atoms. The Morgan fingerprint density at radius 2 is 2.00 bits per heavy atom. The van der Waals surface area contributed by atoms with Gasteiger partial charge in [-0.15, -0.1) is 0 Å². The molecule has 4 nitrogen and oxygen atoms in total. The molecule has 1 N–H and O–H groups in total. The van der Waals surface area contributed by atoms with Crippen molar-refractivity contribution in [1.29, 1.82) is 0 Å². The van der Waals surface area contributed by atoms with Crippen LogP contribution in [0.2, 0.25) is 0 Å². The Morgan fingerprint density at radius 3 is 2.40 bits per heavy atom. The van der Waals surface area contributed by atoms with Crippen LogP contribution in [0, 0.1) is 0 Å². The molecule has 1 amide bonds. The number of aliphatic hydroxyl groups is 1. The molecule has 0 saturated carbocycles. The summed E-state index contributed by atoms with van der Waals surface area (Å²) in [4.78, 5) is 13.3. The topological polar surface area (TPSA) is 49.8 Å². The maximum atomic E-state index is 11.7. The van der Waals surface area contributed by atoms with E-state index in [1.54, 1.807) is 4.90 Å². The lowest BCUT2D eigenvalue weighted by Gasteiger charge is -2.26. The van der Waals surface area contributed by atoms with Crippen LogP contribution in [0.3, 0.4) is 0 Å². The van der Waals surface area contributed by atoms with Gasteiger partial charge < -0.3 is 14.7 Å². The van der Waals surface area contributed by atoms with Crippen LogP contribution in [-0.2, 0) is 4.74 Å². The van der Waals surface area contributed by atoms with Gasteiger partial charge in [0.25, 0.3) is 0 Å². The number of ether oxygens (including phenoxy) is 1. The second-order valence-electron chi connectivity index (χ2n) is 4.23. The van der Waals surface area contributed by atoms with Gasteiger partial charge in [-0.25, -0.2) is 4.79 Å². The summed E-state index contributed by atoms with van der Waals surface area (Å²) in [7, 11) is 0. The monoisotopic (exact) mass is 329 g/mol. The molecule has 0 saturated heterocycles. The van der Waals surface area contributed by atoms with E-state index in [0.717, 1.165) is 4.43 Å². The molecule has 0 bridgehead atoms. The number of hydrogen-bond donors (Lipinski definition) is 1. The Balaban J connectivity index is 4.15. The lowest BCUT2D eigenvalue weighted by molar-refractivity contribution is 0.0254. The Morgan fingerprint density at radius 1 is 1.40 bits per heavy atom. The zero-order valence-corrected chi connectivity index (χ0v) is 11.8.